The van der Waals surface area contributed by atoms with Crippen molar-refractivity contribution in [2.24, 2.45) is 0 Å². The van der Waals surface area contributed by atoms with Gasteiger partial charge in [-0.25, -0.2) is 0 Å². The summed E-state index contributed by atoms with van der Waals surface area (Å²) in [5.74, 6) is 1.05. The van der Waals surface area contributed by atoms with E-state index in [0.29, 0.717) is 0 Å². The van der Waals surface area contributed by atoms with Crippen LogP contribution in [0.2, 0.25) is 0 Å². The molecule has 0 aliphatic heterocycles. The van der Waals surface area contributed by atoms with E-state index in [2.05, 4.69) is 30.3 Å². The van der Waals surface area contributed by atoms with Crippen LogP contribution in [0, 0.1) is 0 Å². The molecule has 0 bridgehead atoms. The highest BCUT2D eigenvalue weighted by atomic mass is 16.3. The molecule has 0 unspecified atom stereocenters. The van der Waals surface area contributed by atoms with E-state index in [1.54, 1.807) is 6.26 Å². The molecule has 1 aromatic rings. The van der Waals surface area contributed by atoms with Crippen molar-refractivity contribution < 1.29 is 4.42 Å². The Hall–Kier alpha value is -0.800. The largest absolute Gasteiger partial charge is 0.468 e. The van der Waals surface area contributed by atoms with Crippen LogP contribution in [0.5, 0.6) is 0 Å². The number of hydrogen-bond acceptors (Lipinski definition) is 3. The molecule has 0 saturated carbocycles. The lowest BCUT2D eigenvalue weighted by molar-refractivity contribution is 0.323. The van der Waals surface area contributed by atoms with Crippen LogP contribution in [0.25, 0.3) is 0 Å². The van der Waals surface area contributed by atoms with Crippen LogP contribution in [-0.2, 0) is 13.1 Å². The number of furan rings is 1. The van der Waals surface area contributed by atoms with Crippen LogP contribution in [0.15, 0.2) is 16.7 Å². The molecule has 0 atom stereocenters. The Bertz CT molecular complexity index is 258. The summed E-state index contributed by atoms with van der Waals surface area (Å²) in [4.78, 5) is 2.31. The number of nitrogens with zero attached hydrogens (tertiary/aromatic N) is 1. The van der Waals surface area contributed by atoms with E-state index in [1.807, 2.05) is 7.05 Å². The first-order valence-corrected chi connectivity index (χ1v) is 5.16. The third-order valence-electron chi connectivity index (χ3n) is 2.22. The predicted molar refractivity (Wildman–Crippen MR) is 58.1 cm³/mol. The summed E-state index contributed by atoms with van der Waals surface area (Å²) in [6.45, 7) is 5.11. The summed E-state index contributed by atoms with van der Waals surface area (Å²) in [5, 5.41) is 3.10. The van der Waals surface area contributed by atoms with Crippen molar-refractivity contribution in [2.75, 3.05) is 20.6 Å². The van der Waals surface area contributed by atoms with Gasteiger partial charge in [0.05, 0.1) is 12.8 Å². The Kier molecular flexibility index (Phi) is 4.70. The lowest BCUT2D eigenvalue weighted by atomic mass is 10.2. The predicted octanol–water partition coefficient (Wildman–Crippen LogP) is 1.84. The Balaban J connectivity index is 2.52. The van der Waals surface area contributed by atoms with Gasteiger partial charge in [-0.05, 0) is 33.1 Å². The van der Waals surface area contributed by atoms with Gasteiger partial charge in [0.15, 0.2) is 0 Å². The fraction of sp³-hybridized carbons (Fsp3) is 0.636. The minimum absolute atomic E-state index is 0.808. The zero-order chi connectivity index (χ0) is 10.4. The van der Waals surface area contributed by atoms with Crippen LogP contribution in [0.4, 0.5) is 0 Å². The molecule has 3 nitrogen and oxygen atoms in total. The summed E-state index contributed by atoms with van der Waals surface area (Å²) < 4.78 is 5.39. The minimum atomic E-state index is 0.808. The molecule has 3 heteroatoms. The third kappa shape index (κ3) is 3.16. The fourth-order valence-corrected chi connectivity index (χ4v) is 1.58. The lowest BCUT2D eigenvalue weighted by Gasteiger charge is -2.14. The monoisotopic (exact) mass is 196 g/mol. The highest BCUT2D eigenvalue weighted by molar-refractivity contribution is 5.16. The second kappa shape index (κ2) is 5.83. The van der Waals surface area contributed by atoms with Crippen molar-refractivity contribution in [1.29, 1.82) is 0 Å². The quantitative estimate of drug-likeness (QED) is 0.752. The number of nitrogens with one attached hydrogen (secondary N) is 1. The molecular weight excluding hydrogens is 176 g/mol. The maximum atomic E-state index is 5.39. The standard InChI is InChI=1S/C11H20N2O/c1-4-6-13(3)9-10-5-7-14-11(10)8-12-2/h5,7,12H,4,6,8-9H2,1-3H3. The number of rotatable bonds is 6. The lowest BCUT2D eigenvalue weighted by Crippen LogP contribution is -2.19. The molecule has 0 radical (unpaired) electrons. The molecule has 1 heterocycles. The van der Waals surface area contributed by atoms with E-state index in [1.165, 1.54) is 12.0 Å². The van der Waals surface area contributed by atoms with Crippen molar-refractivity contribution in [3.63, 3.8) is 0 Å². The molecule has 14 heavy (non-hydrogen) atoms. The van der Waals surface area contributed by atoms with Crippen LogP contribution < -0.4 is 5.32 Å². The maximum absolute atomic E-state index is 5.39. The van der Waals surface area contributed by atoms with Gasteiger partial charge in [0.25, 0.3) is 0 Å². The topological polar surface area (TPSA) is 28.4 Å². The Morgan fingerprint density at radius 1 is 1.50 bits per heavy atom. The normalized spacial score (nSPS) is 11.1. The van der Waals surface area contributed by atoms with E-state index in [4.69, 9.17) is 4.42 Å². The molecule has 0 aromatic carbocycles. The van der Waals surface area contributed by atoms with Crippen LogP contribution in [-0.4, -0.2) is 25.5 Å². The van der Waals surface area contributed by atoms with Gasteiger partial charge in [-0.3, -0.25) is 0 Å². The summed E-state index contributed by atoms with van der Waals surface area (Å²) >= 11 is 0. The van der Waals surface area contributed by atoms with Gasteiger partial charge >= 0.3 is 0 Å². The smallest absolute Gasteiger partial charge is 0.122 e. The minimum Gasteiger partial charge on any atom is -0.468 e. The Labute approximate surface area is 86.1 Å². The molecule has 0 amide bonds. The first-order chi connectivity index (χ1) is 6.77. The Morgan fingerprint density at radius 2 is 2.29 bits per heavy atom. The van der Waals surface area contributed by atoms with Gasteiger partial charge in [-0.1, -0.05) is 6.92 Å². The van der Waals surface area contributed by atoms with E-state index in [-0.39, 0.29) is 0 Å². The van der Waals surface area contributed by atoms with E-state index < -0.39 is 0 Å². The third-order valence-corrected chi connectivity index (χ3v) is 2.22. The SMILES string of the molecule is CCCN(C)Cc1ccoc1CNC. The van der Waals surface area contributed by atoms with E-state index in [9.17, 15) is 0 Å². The van der Waals surface area contributed by atoms with Gasteiger partial charge < -0.3 is 14.6 Å². The summed E-state index contributed by atoms with van der Waals surface area (Å²) in [6.07, 6.45) is 2.96. The molecule has 0 aliphatic rings. The highest BCUT2D eigenvalue weighted by Gasteiger charge is 2.07. The number of hydrogen-bond donors (Lipinski definition) is 1. The first-order valence-electron chi connectivity index (χ1n) is 5.16. The average molecular weight is 196 g/mol. The molecule has 0 aliphatic carbocycles. The highest BCUT2D eigenvalue weighted by Crippen LogP contribution is 2.12. The van der Waals surface area contributed by atoms with Gasteiger partial charge in [-0.15, -0.1) is 0 Å². The molecule has 1 N–H and O–H groups in total. The van der Waals surface area contributed by atoms with Crippen LogP contribution in [0.3, 0.4) is 0 Å². The molecule has 1 aromatic heterocycles. The zero-order valence-corrected chi connectivity index (χ0v) is 9.34. The second-order valence-electron chi connectivity index (χ2n) is 3.64. The van der Waals surface area contributed by atoms with Gasteiger partial charge in [-0.2, -0.15) is 0 Å². The Morgan fingerprint density at radius 3 is 2.93 bits per heavy atom. The van der Waals surface area contributed by atoms with Crippen molar-refractivity contribution in [1.82, 2.24) is 10.2 Å². The zero-order valence-electron chi connectivity index (χ0n) is 9.34. The molecule has 0 fully saturated rings. The van der Waals surface area contributed by atoms with Crippen molar-refractivity contribution in [3.8, 4) is 0 Å². The molecular formula is C11H20N2O. The first kappa shape index (κ1) is 11.3. The van der Waals surface area contributed by atoms with Gasteiger partial charge in [0.2, 0.25) is 0 Å². The average Bonchev–Trinajstić information content (AvgIpc) is 2.54. The fourth-order valence-electron chi connectivity index (χ4n) is 1.58. The van der Waals surface area contributed by atoms with E-state index in [0.717, 1.165) is 25.4 Å². The second-order valence-corrected chi connectivity index (χ2v) is 3.64. The molecule has 1 rings (SSSR count). The summed E-state index contributed by atoms with van der Waals surface area (Å²) in [7, 11) is 4.07. The molecule has 80 valence electrons. The summed E-state index contributed by atoms with van der Waals surface area (Å²) in [5.41, 5.74) is 1.29. The summed E-state index contributed by atoms with van der Waals surface area (Å²) in [6, 6.07) is 2.05. The molecule has 0 spiro atoms. The van der Waals surface area contributed by atoms with E-state index >= 15 is 0 Å². The van der Waals surface area contributed by atoms with Crippen molar-refractivity contribution >= 4 is 0 Å². The van der Waals surface area contributed by atoms with Gasteiger partial charge in [0.1, 0.15) is 5.76 Å². The molecule has 0 saturated heterocycles. The van der Waals surface area contributed by atoms with Crippen molar-refractivity contribution in [3.05, 3.63) is 23.7 Å². The van der Waals surface area contributed by atoms with Crippen molar-refractivity contribution in [2.45, 2.75) is 26.4 Å². The van der Waals surface area contributed by atoms with Crippen LogP contribution >= 0.6 is 0 Å². The van der Waals surface area contributed by atoms with Gasteiger partial charge in [0, 0.05) is 12.1 Å². The van der Waals surface area contributed by atoms with Crippen LogP contribution in [0.1, 0.15) is 24.7 Å². The maximum Gasteiger partial charge on any atom is 0.122 e.